The summed E-state index contributed by atoms with van der Waals surface area (Å²) in [6.07, 6.45) is 4.15. The van der Waals surface area contributed by atoms with E-state index in [0.29, 0.717) is 11.5 Å². The van der Waals surface area contributed by atoms with Gasteiger partial charge in [0, 0.05) is 25.7 Å². The maximum absolute atomic E-state index is 6.14. The van der Waals surface area contributed by atoms with Crippen LogP contribution in [-0.2, 0) is 0 Å². The van der Waals surface area contributed by atoms with Crippen LogP contribution >= 0.6 is 0 Å². The molecule has 1 unspecified atom stereocenters. The van der Waals surface area contributed by atoms with Gasteiger partial charge in [-0.25, -0.2) is 0 Å². The van der Waals surface area contributed by atoms with Crippen LogP contribution in [-0.4, -0.2) is 30.6 Å². The van der Waals surface area contributed by atoms with E-state index in [1.54, 1.807) is 0 Å². The summed E-state index contributed by atoms with van der Waals surface area (Å²) >= 11 is 0. The van der Waals surface area contributed by atoms with Crippen molar-refractivity contribution in [2.24, 2.45) is 17.1 Å². The number of nitrogens with two attached hydrogens (primary N) is 1. The van der Waals surface area contributed by atoms with Gasteiger partial charge in [-0.15, -0.1) is 0 Å². The summed E-state index contributed by atoms with van der Waals surface area (Å²) in [5.41, 5.74) is 6.69. The van der Waals surface area contributed by atoms with Gasteiger partial charge in [0.05, 0.1) is 0 Å². The van der Waals surface area contributed by atoms with Gasteiger partial charge in [-0.05, 0) is 24.2 Å². The van der Waals surface area contributed by atoms with E-state index < -0.39 is 0 Å². The molecule has 2 nitrogen and oxygen atoms in total. The lowest BCUT2D eigenvalue weighted by molar-refractivity contribution is 0.0172. The van der Waals surface area contributed by atoms with Crippen molar-refractivity contribution in [2.45, 2.75) is 39.2 Å². The van der Waals surface area contributed by atoms with Crippen LogP contribution in [0.25, 0.3) is 0 Å². The van der Waals surface area contributed by atoms with E-state index in [4.69, 9.17) is 5.73 Å². The molecule has 2 rings (SSSR count). The number of likely N-dealkylation sites (tertiary alicyclic amines) is 1. The van der Waals surface area contributed by atoms with Crippen molar-refractivity contribution in [2.75, 3.05) is 19.6 Å². The lowest BCUT2D eigenvalue weighted by Crippen LogP contribution is -2.57. The summed E-state index contributed by atoms with van der Waals surface area (Å²) < 4.78 is 0. The van der Waals surface area contributed by atoms with E-state index >= 15 is 0 Å². The minimum Gasteiger partial charge on any atom is -0.326 e. The Labute approximate surface area is 81.5 Å². The topological polar surface area (TPSA) is 29.3 Å². The molecule has 0 amide bonds. The molecule has 13 heavy (non-hydrogen) atoms. The average Bonchev–Trinajstić information content (AvgIpc) is 1.77. The fourth-order valence-electron chi connectivity index (χ4n) is 2.61. The Balaban J connectivity index is 1.68. The van der Waals surface area contributed by atoms with Gasteiger partial charge in [-0.2, -0.15) is 0 Å². The molecule has 0 aromatic carbocycles. The van der Waals surface area contributed by atoms with E-state index in [-0.39, 0.29) is 0 Å². The Bertz CT molecular complexity index is 177. The molecule has 76 valence electrons. The number of hydrogen-bond donors (Lipinski definition) is 1. The molecule has 2 heteroatoms. The maximum Gasteiger partial charge on any atom is 0.0196 e. The zero-order chi connectivity index (χ0) is 9.47. The Morgan fingerprint density at radius 1 is 1.38 bits per heavy atom. The third-order valence-electron chi connectivity index (χ3n) is 3.53. The van der Waals surface area contributed by atoms with E-state index in [2.05, 4.69) is 18.7 Å². The third kappa shape index (κ3) is 2.05. The minimum absolute atomic E-state index is 0.449. The van der Waals surface area contributed by atoms with E-state index in [1.165, 1.54) is 32.4 Å². The highest BCUT2D eigenvalue weighted by Crippen LogP contribution is 2.32. The first-order valence-electron chi connectivity index (χ1n) is 5.55. The monoisotopic (exact) mass is 182 g/mol. The van der Waals surface area contributed by atoms with Crippen molar-refractivity contribution >= 4 is 0 Å². The molecular weight excluding hydrogens is 160 g/mol. The molecule has 1 aliphatic heterocycles. The zero-order valence-corrected chi connectivity index (χ0v) is 8.92. The van der Waals surface area contributed by atoms with Gasteiger partial charge in [0.15, 0.2) is 0 Å². The van der Waals surface area contributed by atoms with E-state index in [1.807, 2.05) is 0 Å². The van der Waals surface area contributed by atoms with Gasteiger partial charge in [0.2, 0.25) is 0 Å². The molecular formula is C11H22N2. The van der Waals surface area contributed by atoms with Gasteiger partial charge in [-0.1, -0.05) is 20.3 Å². The van der Waals surface area contributed by atoms with Crippen molar-refractivity contribution in [1.82, 2.24) is 4.90 Å². The lowest BCUT2D eigenvalue weighted by Gasteiger charge is -2.48. The van der Waals surface area contributed by atoms with Crippen LogP contribution in [0.3, 0.4) is 0 Å². The molecule has 2 aliphatic rings. The Morgan fingerprint density at radius 3 is 2.38 bits per heavy atom. The molecule has 1 aliphatic carbocycles. The average molecular weight is 182 g/mol. The number of rotatable bonds is 3. The van der Waals surface area contributed by atoms with Gasteiger partial charge < -0.3 is 10.6 Å². The van der Waals surface area contributed by atoms with Crippen molar-refractivity contribution in [3.63, 3.8) is 0 Å². The van der Waals surface area contributed by atoms with Crippen LogP contribution in [0.5, 0.6) is 0 Å². The second kappa shape index (κ2) is 3.25. The number of hydrogen-bond acceptors (Lipinski definition) is 2. The fraction of sp³-hybridized carbons (Fsp3) is 1.00. The van der Waals surface area contributed by atoms with Crippen molar-refractivity contribution in [3.8, 4) is 0 Å². The highest BCUT2D eigenvalue weighted by Gasteiger charge is 2.36. The van der Waals surface area contributed by atoms with Crippen LogP contribution in [0.2, 0.25) is 0 Å². The predicted octanol–water partition coefficient (Wildman–Crippen LogP) is 1.46. The highest BCUT2D eigenvalue weighted by atomic mass is 15.2. The van der Waals surface area contributed by atoms with Crippen LogP contribution < -0.4 is 5.73 Å². The van der Waals surface area contributed by atoms with Crippen LogP contribution in [0, 0.1) is 11.3 Å². The fourth-order valence-corrected chi connectivity index (χ4v) is 2.61. The summed E-state index contributed by atoms with van der Waals surface area (Å²) in [4.78, 5) is 2.50. The second-order valence-electron chi connectivity index (χ2n) is 5.69. The molecule has 0 aromatic rings. The van der Waals surface area contributed by atoms with Crippen molar-refractivity contribution < 1.29 is 0 Å². The van der Waals surface area contributed by atoms with Crippen LogP contribution in [0.4, 0.5) is 0 Å². The van der Waals surface area contributed by atoms with Gasteiger partial charge >= 0.3 is 0 Å². The summed E-state index contributed by atoms with van der Waals surface area (Å²) in [5, 5.41) is 0. The molecule has 1 atom stereocenters. The highest BCUT2D eigenvalue weighted by molar-refractivity contribution is 4.91. The van der Waals surface area contributed by atoms with E-state index in [9.17, 15) is 0 Å². The smallest absolute Gasteiger partial charge is 0.0196 e. The SMILES string of the molecule is CC1(C)CN(CC(N)C2CCC2)C1. The summed E-state index contributed by atoms with van der Waals surface area (Å²) in [6, 6.07) is 0.449. The molecule has 0 spiro atoms. The van der Waals surface area contributed by atoms with Gasteiger partial charge in [0.25, 0.3) is 0 Å². The predicted molar refractivity (Wildman–Crippen MR) is 55.5 cm³/mol. The minimum atomic E-state index is 0.449. The Kier molecular flexibility index (Phi) is 2.37. The maximum atomic E-state index is 6.14. The first-order valence-corrected chi connectivity index (χ1v) is 5.55. The summed E-state index contributed by atoms with van der Waals surface area (Å²) in [6.45, 7) is 8.28. The summed E-state index contributed by atoms with van der Waals surface area (Å²) in [7, 11) is 0. The van der Waals surface area contributed by atoms with Gasteiger partial charge in [-0.3, -0.25) is 0 Å². The zero-order valence-electron chi connectivity index (χ0n) is 8.92. The largest absolute Gasteiger partial charge is 0.326 e. The molecule has 2 fully saturated rings. The van der Waals surface area contributed by atoms with Gasteiger partial charge in [0.1, 0.15) is 0 Å². The molecule has 1 heterocycles. The van der Waals surface area contributed by atoms with Crippen LogP contribution in [0.15, 0.2) is 0 Å². The molecule has 1 saturated heterocycles. The first-order chi connectivity index (χ1) is 6.07. The Morgan fingerprint density at radius 2 is 2.00 bits per heavy atom. The summed E-state index contributed by atoms with van der Waals surface area (Å²) in [5.74, 6) is 0.837. The standard InChI is InChI=1S/C11H22N2/c1-11(2)7-13(8-11)6-10(12)9-4-3-5-9/h9-10H,3-8,12H2,1-2H3. The molecule has 2 N–H and O–H groups in total. The molecule has 1 saturated carbocycles. The number of nitrogens with zero attached hydrogens (tertiary/aromatic N) is 1. The van der Waals surface area contributed by atoms with Crippen molar-refractivity contribution in [1.29, 1.82) is 0 Å². The van der Waals surface area contributed by atoms with E-state index in [0.717, 1.165) is 12.5 Å². The third-order valence-corrected chi connectivity index (χ3v) is 3.53. The normalized spacial score (nSPS) is 30.7. The molecule has 0 bridgehead atoms. The van der Waals surface area contributed by atoms with Crippen LogP contribution in [0.1, 0.15) is 33.1 Å². The van der Waals surface area contributed by atoms with Crippen molar-refractivity contribution in [3.05, 3.63) is 0 Å². The molecule has 0 radical (unpaired) electrons. The molecule has 0 aromatic heterocycles. The quantitative estimate of drug-likeness (QED) is 0.716. The lowest BCUT2D eigenvalue weighted by atomic mass is 9.78. The second-order valence-corrected chi connectivity index (χ2v) is 5.69. The Hall–Kier alpha value is -0.0800. The first kappa shape index (κ1) is 9.47.